The van der Waals surface area contributed by atoms with E-state index < -0.39 is 0 Å². The van der Waals surface area contributed by atoms with Crippen LogP contribution in [0.4, 0.5) is 0 Å². The van der Waals surface area contributed by atoms with Gasteiger partial charge in [0.15, 0.2) is 5.82 Å². The molecular formula is C26H30N8. The number of nitrogens with one attached hydrogen (secondary N) is 2. The molecule has 0 atom stereocenters. The summed E-state index contributed by atoms with van der Waals surface area (Å²) >= 11 is 0. The van der Waals surface area contributed by atoms with Gasteiger partial charge in [-0.3, -0.25) is 9.78 Å². The highest BCUT2D eigenvalue weighted by atomic mass is 15.3. The van der Waals surface area contributed by atoms with E-state index in [0.29, 0.717) is 6.04 Å². The molecule has 1 aliphatic carbocycles. The fourth-order valence-corrected chi connectivity index (χ4v) is 4.72. The Balaban J connectivity index is 1.36. The first kappa shape index (κ1) is 20.9. The Hall–Kier alpha value is -3.65. The van der Waals surface area contributed by atoms with Crippen molar-refractivity contribution in [3.05, 3.63) is 60.7 Å². The second-order valence-electron chi connectivity index (χ2n) is 9.41. The summed E-state index contributed by atoms with van der Waals surface area (Å²) in [7, 11) is 2.17. The van der Waals surface area contributed by atoms with Crippen LogP contribution in [-0.4, -0.2) is 73.0 Å². The van der Waals surface area contributed by atoms with E-state index in [1.807, 2.05) is 12.3 Å². The van der Waals surface area contributed by atoms with Crippen LogP contribution in [0.2, 0.25) is 0 Å². The van der Waals surface area contributed by atoms with Crippen molar-refractivity contribution in [2.75, 3.05) is 33.2 Å². The molecule has 174 valence electrons. The highest BCUT2D eigenvalue weighted by Crippen LogP contribution is 2.36. The molecular weight excluding hydrogens is 424 g/mol. The molecule has 8 heteroatoms. The number of aryl methyl sites for hydroxylation is 1. The minimum Gasteiger partial charge on any atom is -0.367 e. The average molecular weight is 455 g/mol. The van der Waals surface area contributed by atoms with Gasteiger partial charge in [-0.1, -0.05) is 18.7 Å². The molecule has 2 fully saturated rings. The maximum absolute atomic E-state index is 5.03. The monoisotopic (exact) mass is 454 g/mol. The first-order valence-corrected chi connectivity index (χ1v) is 12.0. The molecule has 1 saturated carbocycles. The lowest BCUT2D eigenvalue weighted by atomic mass is 10.1. The Morgan fingerprint density at radius 3 is 2.74 bits per heavy atom. The molecule has 4 heterocycles. The van der Waals surface area contributed by atoms with Gasteiger partial charge in [-0.15, -0.1) is 0 Å². The van der Waals surface area contributed by atoms with Crippen LogP contribution in [0.3, 0.4) is 0 Å². The van der Waals surface area contributed by atoms with E-state index in [-0.39, 0.29) is 0 Å². The number of fused-ring (bicyclic) bond motifs is 1. The van der Waals surface area contributed by atoms with Gasteiger partial charge >= 0.3 is 0 Å². The van der Waals surface area contributed by atoms with Crippen LogP contribution >= 0.6 is 0 Å². The SMILES string of the molecule is C=C/C=C(\c1nc(-c2n[nH]c3ccc(-c4cnn(C5CC5)c4)cc23)[nH]c1C)N1CCN(C)CC1. The standard InChI is InChI=1S/C26H30N8/c1-4-5-23(33-12-10-32(3)11-13-33)24-17(2)28-26(29-24)25-21-14-18(6-9-22(21)30-31-25)19-15-27-34(16-19)20-7-8-20/h4-6,9,14-16,20H,1,7-8,10-13H2,2-3H3,(H,28,29)(H,30,31)/b23-5+. The third-order valence-corrected chi connectivity index (χ3v) is 6.89. The second-order valence-corrected chi connectivity index (χ2v) is 9.41. The van der Waals surface area contributed by atoms with Crippen molar-refractivity contribution in [3.8, 4) is 22.6 Å². The number of imidazole rings is 1. The number of hydrogen-bond donors (Lipinski definition) is 2. The molecule has 2 aliphatic rings. The number of piperazine rings is 1. The minimum atomic E-state index is 0.574. The van der Waals surface area contributed by atoms with E-state index in [0.717, 1.165) is 76.8 Å². The van der Waals surface area contributed by atoms with E-state index in [4.69, 9.17) is 4.98 Å². The normalized spacial score (nSPS) is 17.6. The van der Waals surface area contributed by atoms with Gasteiger partial charge in [0.25, 0.3) is 0 Å². The summed E-state index contributed by atoms with van der Waals surface area (Å²) in [6, 6.07) is 6.96. The van der Waals surface area contributed by atoms with Gasteiger partial charge in [0, 0.05) is 49.0 Å². The maximum Gasteiger partial charge on any atom is 0.159 e. The molecule has 0 bridgehead atoms. The van der Waals surface area contributed by atoms with Crippen molar-refractivity contribution >= 4 is 16.6 Å². The van der Waals surface area contributed by atoms with Crippen LogP contribution in [0, 0.1) is 6.92 Å². The maximum atomic E-state index is 5.03. The first-order valence-electron chi connectivity index (χ1n) is 12.0. The van der Waals surface area contributed by atoms with Gasteiger partial charge in [0.1, 0.15) is 11.4 Å². The second kappa shape index (κ2) is 8.29. The van der Waals surface area contributed by atoms with E-state index in [1.54, 1.807) is 0 Å². The molecule has 6 rings (SSSR count). The zero-order chi connectivity index (χ0) is 23.2. The van der Waals surface area contributed by atoms with Crippen LogP contribution < -0.4 is 0 Å². The predicted octanol–water partition coefficient (Wildman–Crippen LogP) is 4.23. The lowest BCUT2D eigenvalue weighted by molar-refractivity contribution is 0.207. The topological polar surface area (TPSA) is 81.7 Å². The summed E-state index contributed by atoms with van der Waals surface area (Å²) in [4.78, 5) is 13.3. The third kappa shape index (κ3) is 3.74. The largest absolute Gasteiger partial charge is 0.367 e. The van der Waals surface area contributed by atoms with Crippen molar-refractivity contribution in [2.45, 2.75) is 25.8 Å². The zero-order valence-corrected chi connectivity index (χ0v) is 19.8. The van der Waals surface area contributed by atoms with Crippen LogP contribution in [0.5, 0.6) is 0 Å². The molecule has 0 unspecified atom stereocenters. The first-order chi connectivity index (χ1) is 16.6. The molecule has 1 aromatic carbocycles. The number of likely N-dealkylation sites (N-methyl/N-ethyl adjacent to an activating group) is 1. The molecule has 0 amide bonds. The number of rotatable bonds is 6. The number of allylic oxidation sites excluding steroid dienone is 2. The third-order valence-electron chi connectivity index (χ3n) is 6.89. The molecule has 1 saturated heterocycles. The molecule has 34 heavy (non-hydrogen) atoms. The number of nitrogens with zero attached hydrogens (tertiary/aromatic N) is 6. The van der Waals surface area contributed by atoms with Crippen LogP contribution in [0.25, 0.3) is 39.2 Å². The molecule has 3 aromatic heterocycles. The van der Waals surface area contributed by atoms with Gasteiger partial charge < -0.3 is 14.8 Å². The summed E-state index contributed by atoms with van der Waals surface area (Å²) in [5.74, 6) is 0.772. The highest BCUT2D eigenvalue weighted by molar-refractivity contribution is 5.94. The Kier molecular flexibility index (Phi) is 5.10. The van der Waals surface area contributed by atoms with Crippen molar-refractivity contribution in [1.82, 2.24) is 39.7 Å². The molecule has 0 radical (unpaired) electrons. The number of benzene rings is 1. The lowest BCUT2D eigenvalue weighted by Gasteiger charge is -2.35. The fraction of sp³-hybridized carbons (Fsp3) is 0.346. The summed E-state index contributed by atoms with van der Waals surface area (Å²) < 4.78 is 2.09. The van der Waals surface area contributed by atoms with Crippen LogP contribution in [0.1, 0.15) is 30.3 Å². The van der Waals surface area contributed by atoms with E-state index in [1.165, 1.54) is 12.8 Å². The lowest BCUT2D eigenvalue weighted by Crippen LogP contribution is -2.43. The van der Waals surface area contributed by atoms with Gasteiger partial charge in [-0.05, 0) is 50.6 Å². The number of aromatic nitrogens is 6. The fourth-order valence-electron chi connectivity index (χ4n) is 4.72. The number of H-pyrrole nitrogens is 2. The molecule has 8 nitrogen and oxygen atoms in total. The quantitative estimate of drug-likeness (QED) is 0.426. The van der Waals surface area contributed by atoms with E-state index in [9.17, 15) is 0 Å². The predicted molar refractivity (Wildman–Crippen MR) is 135 cm³/mol. The minimum absolute atomic E-state index is 0.574. The van der Waals surface area contributed by atoms with E-state index in [2.05, 4.69) is 85.8 Å². The Bertz CT molecular complexity index is 1370. The molecule has 2 N–H and O–H groups in total. The molecule has 1 aliphatic heterocycles. The van der Waals surface area contributed by atoms with Crippen LogP contribution in [0.15, 0.2) is 49.3 Å². The number of aromatic amines is 2. The average Bonchev–Trinajstić information content (AvgIpc) is 3.25. The molecule has 0 spiro atoms. The Morgan fingerprint density at radius 2 is 1.97 bits per heavy atom. The number of hydrogen-bond acceptors (Lipinski definition) is 5. The molecule has 4 aromatic rings. The van der Waals surface area contributed by atoms with Gasteiger partial charge in [-0.2, -0.15) is 10.2 Å². The van der Waals surface area contributed by atoms with Crippen molar-refractivity contribution < 1.29 is 0 Å². The van der Waals surface area contributed by atoms with Gasteiger partial charge in [-0.25, -0.2) is 4.98 Å². The van der Waals surface area contributed by atoms with Gasteiger partial charge in [0.05, 0.1) is 23.5 Å². The smallest absolute Gasteiger partial charge is 0.159 e. The van der Waals surface area contributed by atoms with E-state index >= 15 is 0 Å². The zero-order valence-electron chi connectivity index (χ0n) is 19.8. The van der Waals surface area contributed by atoms with Crippen molar-refractivity contribution in [3.63, 3.8) is 0 Å². The van der Waals surface area contributed by atoms with Crippen molar-refractivity contribution in [1.29, 1.82) is 0 Å². The van der Waals surface area contributed by atoms with Crippen LogP contribution in [-0.2, 0) is 0 Å². The summed E-state index contributed by atoms with van der Waals surface area (Å²) in [5.41, 5.74) is 7.18. The Morgan fingerprint density at radius 1 is 1.15 bits per heavy atom. The Labute approximate surface area is 199 Å². The summed E-state index contributed by atoms with van der Waals surface area (Å²) in [6.45, 7) is 10.0. The van der Waals surface area contributed by atoms with Crippen molar-refractivity contribution in [2.24, 2.45) is 0 Å². The highest BCUT2D eigenvalue weighted by Gasteiger charge is 2.25. The summed E-state index contributed by atoms with van der Waals surface area (Å²) in [5, 5.41) is 13.4. The summed E-state index contributed by atoms with van der Waals surface area (Å²) in [6.07, 6.45) is 10.5. The van der Waals surface area contributed by atoms with Gasteiger partial charge in [0.2, 0.25) is 0 Å².